The van der Waals surface area contributed by atoms with Crippen LogP contribution in [0.4, 0.5) is 9.59 Å². The van der Waals surface area contributed by atoms with E-state index < -0.39 is 30.4 Å². The maximum atomic E-state index is 12.6. The molecule has 1 aliphatic heterocycles. The molecule has 0 bridgehead atoms. The second kappa shape index (κ2) is 11.2. The molecule has 9 heteroatoms. The van der Waals surface area contributed by atoms with Crippen LogP contribution in [0.15, 0.2) is 48.5 Å². The molecule has 0 saturated carbocycles. The first kappa shape index (κ1) is 26.5. The Morgan fingerprint density at radius 2 is 1.54 bits per heavy atom. The Morgan fingerprint density at radius 3 is 2.14 bits per heavy atom. The summed E-state index contributed by atoms with van der Waals surface area (Å²) in [6.45, 7) is 6.31. The monoisotopic (exact) mass is 510 g/mol. The van der Waals surface area contributed by atoms with E-state index in [1.165, 1.54) is 0 Å². The van der Waals surface area contributed by atoms with Gasteiger partial charge in [0.25, 0.3) is 0 Å². The molecule has 1 aliphatic carbocycles. The summed E-state index contributed by atoms with van der Waals surface area (Å²) in [6, 6.07) is 16.3. The lowest BCUT2D eigenvalue weighted by molar-refractivity contribution is -0.142. The van der Waals surface area contributed by atoms with Gasteiger partial charge in [-0.05, 0) is 43.0 Å². The first-order valence-corrected chi connectivity index (χ1v) is 12.5. The highest BCUT2D eigenvalue weighted by Gasteiger charge is 2.37. The molecule has 0 unspecified atom stereocenters. The SMILES string of the molecule is CC(C)(C)OC(=O)N1C[C@@H](CNC(=O)OCC2c3ccccc3-c3ccccc32)[C@H](COCC(=O)O)C1. The summed E-state index contributed by atoms with van der Waals surface area (Å²) in [5, 5.41) is 11.7. The minimum atomic E-state index is -1.06. The van der Waals surface area contributed by atoms with Crippen LogP contribution < -0.4 is 5.32 Å². The number of carboxylic acid groups (broad SMARTS) is 1. The number of carbonyl (C=O) groups is 3. The number of nitrogens with zero attached hydrogens (tertiary/aromatic N) is 1. The molecule has 2 aromatic carbocycles. The highest BCUT2D eigenvalue weighted by atomic mass is 16.6. The molecule has 2 aromatic rings. The zero-order valence-corrected chi connectivity index (χ0v) is 21.4. The van der Waals surface area contributed by atoms with Gasteiger partial charge in [-0.2, -0.15) is 0 Å². The van der Waals surface area contributed by atoms with Gasteiger partial charge in [-0.15, -0.1) is 0 Å². The Hall–Kier alpha value is -3.59. The molecular weight excluding hydrogens is 476 g/mol. The van der Waals surface area contributed by atoms with E-state index in [0.717, 1.165) is 22.3 Å². The fourth-order valence-corrected chi connectivity index (χ4v) is 5.00. The Morgan fingerprint density at radius 1 is 0.946 bits per heavy atom. The van der Waals surface area contributed by atoms with Crippen LogP contribution >= 0.6 is 0 Å². The average molecular weight is 511 g/mol. The van der Waals surface area contributed by atoms with Crippen molar-refractivity contribution in [3.63, 3.8) is 0 Å². The summed E-state index contributed by atoms with van der Waals surface area (Å²) in [6.07, 6.45) is -0.984. The Labute approximate surface area is 216 Å². The molecule has 0 spiro atoms. The third-order valence-corrected chi connectivity index (χ3v) is 6.64. The molecule has 4 rings (SSSR count). The second-order valence-corrected chi connectivity index (χ2v) is 10.5. The molecule has 2 amide bonds. The van der Waals surface area contributed by atoms with Crippen molar-refractivity contribution in [3.05, 3.63) is 59.7 Å². The largest absolute Gasteiger partial charge is 0.480 e. The molecule has 9 nitrogen and oxygen atoms in total. The van der Waals surface area contributed by atoms with Gasteiger partial charge in [0.1, 0.15) is 18.8 Å². The Kier molecular flexibility index (Phi) is 8.02. The maximum absolute atomic E-state index is 12.6. The van der Waals surface area contributed by atoms with Crippen molar-refractivity contribution in [2.75, 3.05) is 39.5 Å². The summed E-state index contributed by atoms with van der Waals surface area (Å²) < 4.78 is 16.4. The third kappa shape index (κ3) is 6.60. The second-order valence-electron chi connectivity index (χ2n) is 10.5. The van der Waals surface area contributed by atoms with Crippen molar-refractivity contribution in [2.45, 2.75) is 32.3 Å². The minimum absolute atomic E-state index is 0.0375. The van der Waals surface area contributed by atoms with Crippen LogP contribution in [-0.2, 0) is 19.0 Å². The van der Waals surface area contributed by atoms with Crippen molar-refractivity contribution >= 4 is 18.2 Å². The minimum Gasteiger partial charge on any atom is -0.480 e. The number of alkyl carbamates (subject to hydrolysis) is 1. The fraction of sp³-hybridized carbons (Fsp3) is 0.464. The number of rotatable bonds is 8. The van der Waals surface area contributed by atoms with Gasteiger partial charge in [-0.25, -0.2) is 14.4 Å². The average Bonchev–Trinajstić information content (AvgIpc) is 3.39. The molecule has 1 heterocycles. The number of hydrogen-bond acceptors (Lipinski definition) is 6. The lowest BCUT2D eigenvalue weighted by Gasteiger charge is -2.24. The number of ether oxygens (including phenoxy) is 3. The number of likely N-dealkylation sites (tertiary alicyclic amines) is 1. The number of nitrogens with one attached hydrogen (secondary N) is 1. The number of carbonyl (C=O) groups excluding carboxylic acids is 2. The van der Waals surface area contributed by atoms with Crippen LogP contribution in [0.5, 0.6) is 0 Å². The number of carboxylic acids is 1. The van der Waals surface area contributed by atoms with E-state index in [4.69, 9.17) is 19.3 Å². The van der Waals surface area contributed by atoms with Gasteiger partial charge in [-0.3, -0.25) is 0 Å². The van der Waals surface area contributed by atoms with Gasteiger partial charge in [0, 0.05) is 37.4 Å². The van der Waals surface area contributed by atoms with Crippen molar-refractivity contribution in [1.29, 1.82) is 0 Å². The Balaban J connectivity index is 1.34. The van der Waals surface area contributed by atoms with E-state index in [1.807, 2.05) is 24.3 Å². The number of amides is 2. The van der Waals surface area contributed by atoms with Crippen molar-refractivity contribution < 1.29 is 33.7 Å². The molecule has 2 N–H and O–H groups in total. The topological polar surface area (TPSA) is 114 Å². The zero-order chi connectivity index (χ0) is 26.6. The van der Waals surface area contributed by atoms with Crippen LogP contribution in [-0.4, -0.2) is 73.2 Å². The molecule has 2 aliphatic rings. The van der Waals surface area contributed by atoms with Gasteiger partial charge in [0.05, 0.1) is 6.61 Å². The molecule has 0 aromatic heterocycles. The highest BCUT2D eigenvalue weighted by Crippen LogP contribution is 2.44. The molecule has 198 valence electrons. The van der Waals surface area contributed by atoms with Crippen LogP contribution in [0.1, 0.15) is 37.8 Å². The summed E-state index contributed by atoms with van der Waals surface area (Å²) in [5.74, 6) is -1.39. The van der Waals surface area contributed by atoms with Gasteiger partial charge < -0.3 is 29.5 Å². The van der Waals surface area contributed by atoms with Crippen LogP contribution in [0, 0.1) is 11.8 Å². The number of hydrogen-bond donors (Lipinski definition) is 2. The van der Waals surface area contributed by atoms with E-state index in [-0.39, 0.29) is 37.5 Å². The van der Waals surface area contributed by atoms with Crippen LogP contribution in [0.25, 0.3) is 11.1 Å². The molecule has 37 heavy (non-hydrogen) atoms. The number of benzene rings is 2. The molecular formula is C28H34N2O7. The van der Waals surface area contributed by atoms with Gasteiger partial charge in [0.2, 0.25) is 0 Å². The molecule has 1 saturated heterocycles. The summed E-state index contributed by atoms with van der Waals surface area (Å²) in [4.78, 5) is 37.7. The smallest absolute Gasteiger partial charge is 0.410 e. The standard InChI is InChI=1S/C28H34N2O7/c1-28(2,3)37-27(34)30-13-18(19(14-30)15-35-17-25(31)32)12-29-26(33)36-16-24-22-10-6-4-8-20(22)21-9-5-7-11-23(21)24/h4-11,18-19,24H,12-17H2,1-3H3,(H,29,33)(H,31,32)/t18-,19+/m1/s1. The normalized spacial score (nSPS) is 18.7. The highest BCUT2D eigenvalue weighted by molar-refractivity contribution is 5.79. The van der Waals surface area contributed by atoms with Crippen LogP contribution in [0.2, 0.25) is 0 Å². The number of aliphatic carboxylic acids is 1. The van der Waals surface area contributed by atoms with E-state index in [2.05, 4.69) is 29.6 Å². The molecule has 0 radical (unpaired) electrons. The predicted molar refractivity (Wildman–Crippen MR) is 136 cm³/mol. The van der Waals surface area contributed by atoms with Crippen molar-refractivity contribution in [2.24, 2.45) is 11.8 Å². The number of fused-ring (bicyclic) bond motifs is 3. The maximum Gasteiger partial charge on any atom is 0.410 e. The van der Waals surface area contributed by atoms with Crippen LogP contribution in [0.3, 0.4) is 0 Å². The lowest BCUT2D eigenvalue weighted by Crippen LogP contribution is -2.37. The lowest BCUT2D eigenvalue weighted by atomic mass is 9.97. The summed E-state index contributed by atoms with van der Waals surface area (Å²) in [7, 11) is 0. The third-order valence-electron chi connectivity index (χ3n) is 6.64. The first-order valence-electron chi connectivity index (χ1n) is 12.5. The van der Waals surface area contributed by atoms with E-state index in [9.17, 15) is 14.4 Å². The first-order chi connectivity index (χ1) is 17.6. The van der Waals surface area contributed by atoms with E-state index >= 15 is 0 Å². The Bertz CT molecular complexity index is 1100. The van der Waals surface area contributed by atoms with Crippen molar-refractivity contribution in [1.82, 2.24) is 10.2 Å². The molecule has 2 atom stereocenters. The van der Waals surface area contributed by atoms with Gasteiger partial charge in [-0.1, -0.05) is 48.5 Å². The van der Waals surface area contributed by atoms with Gasteiger partial charge in [0.15, 0.2) is 0 Å². The van der Waals surface area contributed by atoms with Gasteiger partial charge >= 0.3 is 18.2 Å². The summed E-state index contributed by atoms with van der Waals surface area (Å²) >= 11 is 0. The fourth-order valence-electron chi connectivity index (χ4n) is 5.00. The zero-order valence-electron chi connectivity index (χ0n) is 21.4. The van der Waals surface area contributed by atoms with E-state index in [1.54, 1.807) is 25.7 Å². The molecule has 1 fully saturated rings. The van der Waals surface area contributed by atoms with E-state index in [0.29, 0.717) is 13.1 Å². The summed E-state index contributed by atoms with van der Waals surface area (Å²) in [5.41, 5.74) is 3.95. The van der Waals surface area contributed by atoms with Crippen molar-refractivity contribution in [3.8, 4) is 11.1 Å². The quantitative estimate of drug-likeness (QED) is 0.549. The predicted octanol–water partition coefficient (Wildman–Crippen LogP) is 4.11.